The van der Waals surface area contributed by atoms with Crippen molar-refractivity contribution in [2.45, 2.75) is 6.92 Å². The van der Waals surface area contributed by atoms with Gasteiger partial charge in [0.15, 0.2) is 0 Å². The van der Waals surface area contributed by atoms with Crippen LogP contribution in [0.3, 0.4) is 0 Å². The Labute approximate surface area is 137 Å². The summed E-state index contributed by atoms with van der Waals surface area (Å²) >= 11 is -0.0898. The summed E-state index contributed by atoms with van der Waals surface area (Å²) in [5.74, 6) is 0.547. The number of hydrogen-bond acceptors (Lipinski definition) is 3. The van der Waals surface area contributed by atoms with E-state index in [0.717, 1.165) is 15.8 Å². The second-order valence-corrected chi connectivity index (χ2v) is 6.76. The van der Waals surface area contributed by atoms with Crippen LogP contribution in [-0.2, 0) is 9.53 Å². The van der Waals surface area contributed by atoms with E-state index in [2.05, 4.69) is 0 Å². The van der Waals surface area contributed by atoms with Crippen molar-refractivity contribution in [1.82, 2.24) is 0 Å². The zero-order valence-electron chi connectivity index (χ0n) is 12.6. The van der Waals surface area contributed by atoms with E-state index in [1.165, 1.54) is 0 Å². The van der Waals surface area contributed by atoms with Gasteiger partial charge in [-0.3, -0.25) is 0 Å². The molecule has 0 radical (unpaired) electrons. The van der Waals surface area contributed by atoms with Gasteiger partial charge in [0.05, 0.1) is 0 Å². The van der Waals surface area contributed by atoms with Gasteiger partial charge in [0, 0.05) is 0 Å². The van der Waals surface area contributed by atoms with Crippen LogP contribution >= 0.6 is 0 Å². The van der Waals surface area contributed by atoms with Gasteiger partial charge in [-0.15, -0.1) is 0 Å². The maximum absolute atomic E-state index is 12.2. The van der Waals surface area contributed by atoms with Crippen LogP contribution in [0.2, 0.25) is 0 Å². The number of methoxy groups -OCH3 is 1. The number of benzene rings is 2. The summed E-state index contributed by atoms with van der Waals surface area (Å²) in [4.78, 5) is 12.2. The fraction of sp³-hybridized carbons (Fsp3) is 0.167. The monoisotopic (exact) mass is 362 g/mol. The quantitative estimate of drug-likeness (QED) is 0.451. The zero-order chi connectivity index (χ0) is 15.8. The second kappa shape index (κ2) is 8.42. The van der Waals surface area contributed by atoms with Gasteiger partial charge in [-0.2, -0.15) is 0 Å². The summed E-state index contributed by atoms with van der Waals surface area (Å²) in [6, 6.07) is 17.6. The first kappa shape index (κ1) is 16.3. The normalized spacial score (nSPS) is 11.1. The summed E-state index contributed by atoms with van der Waals surface area (Å²) in [7, 11) is 1.63. The van der Waals surface area contributed by atoms with Crippen molar-refractivity contribution in [2.24, 2.45) is 0 Å². The van der Waals surface area contributed by atoms with Gasteiger partial charge in [0.1, 0.15) is 0 Å². The fourth-order valence-corrected chi connectivity index (χ4v) is 3.65. The van der Waals surface area contributed by atoms with Gasteiger partial charge < -0.3 is 0 Å². The molecule has 114 valence electrons. The molecule has 0 N–H and O–H groups in total. The van der Waals surface area contributed by atoms with Crippen LogP contribution in [-0.4, -0.2) is 34.6 Å². The van der Waals surface area contributed by atoms with Crippen LogP contribution in [0.4, 0.5) is 0 Å². The molecule has 0 heterocycles. The van der Waals surface area contributed by atoms with Crippen LogP contribution in [0.1, 0.15) is 12.5 Å². The average molecular weight is 361 g/mol. The van der Waals surface area contributed by atoms with Crippen LogP contribution in [0.5, 0.6) is 5.75 Å². The molecule has 0 aliphatic heterocycles. The average Bonchev–Trinajstić information content (AvgIpc) is 2.56. The Kier molecular flexibility index (Phi) is 6.26. The third kappa shape index (κ3) is 4.76. The van der Waals surface area contributed by atoms with Crippen molar-refractivity contribution < 1.29 is 14.3 Å². The van der Waals surface area contributed by atoms with E-state index in [1.54, 1.807) is 7.11 Å². The number of carbonyl (C=O) groups is 1. The van der Waals surface area contributed by atoms with E-state index in [1.807, 2.05) is 67.6 Å². The molecule has 0 fully saturated rings. The van der Waals surface area contributed by atoms with Crippen molar-refractivity contribution in [3.05, 3.63) is 64.6 Å². The van der Waals surface area contributed by atoms with Crippen molar-refractivity contribution in [2.75, 3.05) is 13.7 Å². The molecule has 0 aromatic heterocycles. The minimum atomic E-state index is -0.248. The molecular formula is C18H18O3Se. The topological polar surface area (TPSA) is 35.5 Å². The van der Waals surface area contributed by atoms with Crippen LogP contribution < -0.4 is 9.20 Å². The van der Waals surface area contributed by atoms with E-state index in [4.69, 9.17) is 9.47 Å². The van der Waals surface area contributed by atoms with Gasteiger partial charge in [-0.25, -0.2) is 0 Å². The zero-order valence-corrected chi connectivity index (χ0v) is 14.3. The summed E-state index contributed by atoms with van der Waals surface area (Å²) in [5, 5.41) is 0. The fourth-order valence-electron chi connectivity index (χ4n) is 1.80. The predicted molar refractivity (Wildman–Crippen MR) is 89.4 cm³/mol. The first-order chi connectivity index (χ1) is 10.7. The first-order valence-electron chi connectivity index (χ1n) is 6.98. The number of hydrogen-bond donors (Lipinski definition) is 0. The standard InChI is InChI=1S/C18H18O3Se/c1-3-21-18(19)17(22-16-7-5-4-6-8-16)13-14-9-11-15(20-2)12-10-14/h4-13H,3H2,1-2H3. The summed E-state index contributed by atoms with van der Waals surface area (Å²) in [6.45, 7) is 2.20. The molecule has 0 aliphatic carbocycles. The summed E-state index contributed by atoms with van der Waals surface area (Å²) in [6.07, 6.45) is 1.89. The number of carbonyl (C=O) groups excluding carboxylic acids is 1. The van der Waals surface area contributed by atoms with Crippen molar-refractivity contribution in [1.29, 1.82) is 0 Å². The van der Waals surface area contributed by atoms with Crippen LogP contribution in [0, 0.1) is 0 Å². The van der Waals surface area contributed by atoms with E-state index >= 15 is 0 Å². The number of rotatable bonds is 6. The molecular weight excluding hydrogens is 343 g/mol. The SMILES string of the molecule is CCOC(=O)C(=Cc1ccc(OC)cc1)[Se]c1ccccc1. The third-order valence-corrected chi connectivity index (χ3v) is 4.99. The second-order valence-electron chi connectivity index (χ2n) is 4.42. The first-order valence-corrected chi connectivity index (χ1v) is 8.70. The Hall–Kier alpha value is -2.03. The Morgan fingerprint density at radius 1 is 1.09 bits per heavy atom. The molecule has 0 unspecified atom stereocenters. The van der Waals surface area contributed by atoms with E-state index in [-0.39, 0.29) is 20.9 Å². The maximum atomic E-state index is 12.2. The van der Waals surface area contributed by atoms with Gasteiger partial charge in [0.2, 0.25) is 0 Å². The molecule has 0 atom stereocenters. The molecule has 0 spiro atoms. The van der Waals surface area contributed by atoms with Crippen molar-refractivity contribution >= 4 is 31.5 Å². The van der Waals surface area contributed by atoms with Crippen LogP contribution in [0.15, 0.2) is 59.1 Å². The molecule has 0 aliphatic rings. The molecule has 2 aromatic carbocycles. The molecule has 4 heteroatoms. The number of esters is 1. The van der Waals surface area contributed by atoms with Gasteiger partial charge in [0.25, 0.3) is 0 Å². The predicted octanol–water partition coefficient (Wildman–Crippen LogP) is 2.63. The van der Waals surface area contributed by atoms with E-state index in [9.17, 15) is 4.79 Å². The molecule has 22 heavy (non-hydrogen) atoms. The summed E-state index contributed by atoms with van der Waals surface area (Å²) < 4.78 is 12.2. The number of ether oxygens (including phenoxy) is 2. The molecule has 2 aromatic rings. The van der Waals surface area contributed by atoms with E-state index in [0.29, 0.717) is 11.1 Å². The summed E-state index contributed by atoms with van der Waals surface area (Å²) in [5.41, 5.74) is 0.960. The molecule has 0 bridgehead atoms. The van der Waals surface area contributed by atoms with Gasteiger partial charge >= 0.3 is 137 Å². The Balaban J connectivity index is 2.26. The van der Waals surface area contributed by atoms with Gasteiger partial charge in [-0.1, -0.05) is 0 Å². The minimum absolute atomic E-state index is 0.0898. The molecule has 0 amide bonds. The van der Waals surface area contributed by atoms with Crippen molar-refractivity contribution in [3.8, 4) is 5.75 Å². The van der Waals surface area contributed by atoms with E-state index < -0.39 is 0 Å². The Bertz CT molecular complexity index is 633. The third-order valence-electron chi connectivity index (χ3n) is 2.86. The Morgan fingerprint density at radius 2 is 1.77 bits per heavy atom. The molecule has 3 nitrogen and oxygen atoms in total. The molecule has 0 saturated carbocycles. The Morgan fingerprint density at radius 3 is 2.36 bits per heavy atom. The molecule has 2 rings (SSSR count). The van der Waals surface area contributed by atoms with Crippen LogP contribution in [0.25, 0.3) is 6.08 Å². The van der Waals surface area contributed by atoms with Crippen molar-refractivity contribution in [3.63, 3.8) is 0 Å². The van der Waals surface area contributed by atoms with Gasteiger partial charge in [-0.05, 0) is 0 Å². The molecule has 0 saturated heterocycles.